The quantitative estimate of drug-likeness (QED) is 0.422. The van der Waals surface area contributed by atoms with Crippen LogP contribution in [0.2, 0.25) is 0 Å². The first-order chi connectivity index (χ1) is 12.3. The van der Waals surface area contributed by atoms with Crippen molar-refractivity contribution in [2.45, 2.75) is 6.54 Å². The van der Waals surface area contributed by atoms with Crippen LogP contribution in [0.3, 0.4) is 0 Å². The van der Waals surface area contributed by atoms with E-state index < -0.39 is 0 Å². The van der Waals surface area contributed by atoms with Crippen molar-refractivity contribution < 1.29 is 9.53 Å². The third-order valence-corrected chi connectivity index (χ3v) is 3.34. The summed E-state index contributed by atoms with van der Waals surface area (Å²) in [5, 5.41) is 11.9. The van der Waals surface area contributed by atoms with Crippen LogP contribution in [0.15, 0.2) is 53.6 Å². The Kier molecular flexibility index (Phi) is 5.02. The van der Waals surface area contributed by atoms with Crippen molar-refractivity contribution in [2.24, 2.45) is 5.10 Å². The van der Waals surface area contributed by atoms with Crippen LogP contribution in [-0.2, 0) is 11.3 Å². The van der Waals surface area contributed by atoms with E-state index in [-0.39, 0.29) is 19.1 Å². The summed E-state index contributed by atoms with van der Waals surface area (Å²) in [6, 6.07) is 14.7. The van der Waals surface area contributed by atoms with E-state index in [4.69, 9.17) is 11.2 Å². The monoisotopic (exact) mass is 333 g/mol. The maximum Gasteiger partial charge on any atom is 0.261 e. The maximum atomic E-state index is 12.0. The molecule has 0 bridgehead atoms. The largest absolute Gasteiger partial charge is 0.480 e. The minimum Gasteiger partial charge on any atom is -0.480 e. The van der Waals surface area contributed by atoms with Crippen LogP contribution in [0.25, 0.3) is 11.0 Å². The van der Waals surface area contributed by atoms with Crippen molar-refractivity contribution in [1.29, 1.82) is 0 Å². The van der Waals surface area contributed by atoms with Gasteiger partial charge in [0, 0.05) is 5.56 Å². The number of hydrazone groups is 1. The highest BCUT2D eigenvalue weighted by atomic mass is 16.5. The lowest BCUT2D eigenvalue weighted by Crippen LogP contribution is -2.23. The molecule has 124 valence electrons. The Hall–Kier alpha value is -3.66. The number of carbonyl (C=O) groups is 1. The smallest absolute Gasteiger partial charge is 0.261 e. The fourth-order valence-corrected chi connectivity index (χ4v) is 2.22. The van der Waals surface area contributed by atoms with Gasteiger partial charge in [-0.25, -0.2) is 10.1 Å². The number of terminal acetylenes is 1. The number of benzene rings is 2. The van der Waals surface area contributed by atoms with E-state index in [0.717, 1.165) is 11.0 Å². The zero-order chi connectivity index (χ0) is 17.5. The molecule has 0 aliphatic rings. The minimum atomic E-state index is -0.311. The van der Waals surface area contributed by atoms with Gasteiger partial charge in [-0.1, -0.05) is 35.4 Å². The molecule has 25 heavy (non-hydrogen) atoms. The van der Waals surface area contributed by atoms with Gasteiger partial charge in [0.2, 0.25) is 0 Å². The predicted octanol–water partition coefficient (Wildman–Crippen LogP) is 1.59. The van der Waals surface area contributed by atoms with Crippen molar-refractivity contribution in [2.75, 3.05) is 6.61 Å². The molecule has 0 spiro atoms. The molecular weight excluding hydrogens is 318 g/mol. The lowest BCUT2D eigenvalue weighted by atomic mass is 10.2. The number of nitrogens with one attached hydrogen (secondary N) is 1. The van der Waals surface area contributed by atoms with Gasteiger partial charge in [0.25, 0.3) is 5.91 Å². The van der Waals surface area contributed by atoms with Gasteiger partial charge in [0.1, 0.15) is 24.4 Å². The first-order valence-electron chi connectivity index (χ1n) is 7.53. The molecule has 1 heterocycles. The number of fused-ring (bicyclic) bond motifs is 1. The zero-order valence-corrected chi connectivity index (χ0v) is 13.3. The number of amides is 1. The Morgan fingerprint density at radius 3 is 2.96 bits per heavy atom. The van der Waals surface area contributed by atoms with Crippen LogP contribution in [-0.4, -0.2) is 33.7 Å². The predicted molar refractivity (Wildman–Crippen MR) is 94.0 cm³/mol. The summed E-state index contributed by atoms with van der Waals surface area (Å²) >= 11 is 0. The van der Waals surface area contributed by atoms with E-state index >= 15 is 0 Å². The average molecular weight is 333 g/mol. The Morgan fingerprint density at radius 1 is 1.28 bits per heavy atom. The first kappa shape index (κ1) is 16.2. The van der Waals surface area contributed by atoms with E-state index in [1.807, 2.05) is 42.5 Å². The second kappa shape index (κ2) is 7.75. The van der Waals surface area contributed by atoms with Gasteiger partial charge < -0.3 is 4.74 Å². The summed E-state index contributed by atoms with van der Waals surface area (Å²) < 4.78 is 6.93. The molecule has 0 saturated carbocycles. The third-order valence-electron chi connectivity index (χ3n) is 3.34. The number of aromatic nitrogens is 3. The van der Waals surface area contributed by atoms with Crippen LogP contribution >= 0.6 is 0 Å². The van der Waals surface area contributed by atoms with Gasteiger partial charge in [-0.15, -0.1) is 11.5 Å². The van der Waals surface area contributed by atoms with Gasteiger partial charge >= 0.3 is 0 Å². The fourth-order valence-electron chi connectivity index (χ4n) is 2.22. The molecule has 3 aromatic rings. The Bertz CT molecular complexity index is 955. The highest BCUT2D eigenvalue weighted by Crippen LogP contribution is 2.15. The topological polar surface area (TPSA) is 81.4 Å². The Labute approximate surface area is 144 Å². The number of para-hydroxylation sites is 2. The first-order valence-corrected chi connectivity index (χ1v) is 7.53. The summed E-state index contributed by atoms with van der Waals surface area (Å²) in [6.45, 7) is 0.184. The summed E-state index contributed by atoms with van der Waals surface area (Å²) in [6.07, 6.45) is 6.69. The molecule has 0 aliphatic heterocycles. The van der Waals surface area contributed by atoms with Crippen LogP contribution < -0.4 is 10.2 Å². The molecule has 7 heteroatoms. The van der Waals surface area contributed by atoms with Gasteiger partial charge in [-0.05, 0) is 24.3 Å². The molecule has 0 atom stereocenters. The van der Waals surface area contributed by atoms with Crippen LogP contribution in [0.4, 0.5) is 0 Å². The third kappa shape index (κ3) is 4.00. The van der Waals surface area contributed by atoms with Crippen molar-refractivity contribution >= 4 is 23.2 Å². The van der Waals surface area contributed by atoms with Crippen molar-refractivity contribution in [1.82, 2.24) is 20.4 Å². The molecule has 2 aromatic carbocycles. The maximum absolute atomic E-state index is 12.0. The number of rotatable bonds is 6. The zero-order valence-electron chi connectivity index (χ0n) is 13.3. The van der Waals surface area contributed by atoms with Gasteiger partial charge in [0.15, 0.2) is 0 Å². The molecule has 1 N–H and O–H groups in total. The molecule has 0 saturated heterocycles. The normalized spacial score (nSPS) is 10.7. The number of hydrogen-bond donors (Lipinski definition) is 1. The molecule has 0 radical (unpaired) electrons. The average Bonchev–Trinajstić information content (AvgIpc) is 3.04. The summed E-state index contributed by atoms with van der Waals surface area (Å²) in [4.78, 5) is 12.0. The highest BCUT2D eigenvalue weighted by molar-refractivity contribution is 5.85. The van der Waals surface area contributed by atoms with Crippen molar-refractivity contribution in [3.8, 4) is 18.1 Å². The molecule has 0 aliphatic carbocycles. The molecule has 7 nitrogen and oxygen atoms in total. The number of hydrogen-bond acceptors (Lipinski definition) is 5. The van der Waals surface area contributed by atoms with Crippen LogP contribution in [0, 0.1) is 12.3 Å². The number of carbonyl (C=O) groups excluding carboxylic acids is 1. The fraction of sp³-hybridized carbons (Fsp3) is 0.111. The number of nitrogens with zero attached hydrogens (tertiary/aromatic N) is 4. The number of ether oxygens (including phenoxy) is 1. The van der Waals surface area contributed by atoms with Crippen LogP contribution in [0.1, 0.15) is 5.56 Å². The van der Waals surface area contributed by atoms with Crippen molar-refractivity contribution in [3.05, 3.63) is 54.1 Å². The van der Waals surface area contributed by atoms with Gasteiger partial charge in [0.05, 0.1) is 11.7 Å². The van der Waals surface area contributed by atoms with Crippen LogP contribution in [0.5, 0.6) is 5.75 Å². The van der Waals surface area contributed by atoms with E-state index in [2.05, 4.69) is 26.8 Å². The lowest BCUT2D eigenvalue weighted by molar-refractivity contribution is -0.121. The molecular formula is C18H15N5O2. The highest BCUT2D eigenvalue weighted by Gasteiger charge is 2.07. The van der Waals surface area contributed by atoms with Gasteiger partial charge in [-0.3, -0.25) is 4.79 Å². The molecule has 0 unspecified atom stereocenters. The van der Waals surface area contributed by atoms with E-state index in [1.165, 1.54) is 10.9 Å². The molecule has 1 aromatic heterocycles. The van der Waals surface area contributed by atoms with Gasteiger partial charge in [-0.2, -0.15) is 5.10 Å². The van der Waals surface area contributed by atoms with E-state index in [1.54, 1.807) is 6.07 Å². The summed E-state index contributed by atoms with van der Waals surface area (Å²) in [5.74, 6) is 2.69. The molecule has 0 fully saturated rings. The standard InChI is InChI=1S/C18H15N5O2/c1-2-11-25-17-10-6-3-7-14(17)12-19-21-18(24)13-23-16-9-5-4-8-15(16)20-22-23/h1,3-10,12H,11,13H2,(H,21,24)/b19-12-. The van der Waals surface area contributed by atoms with Crippen molar-refractivity contribution in [3.63, 3.8) is 0 Å². The Balaban J connectivity index is 1.63. The SMILES string of the molecule is C#CCOc1ccccc1/C=N\NC(=O)Cn1nnc2ccccc21. The molecule has 1 amide bonds. The van der Waals surface area contributed by atoms with E-state index in [0.29, 0.717) is 11.3 Å². The Morgan fingerprint density at radius 2 is 2.08 bits per heavy atom. The second-order valence-electron chi connectivity index (χ2n) is 5.06. The summed E-state index contributed by atoms with van der Waals surface area (Å²) in [7, 11) is 0. The minimum absolute atomic E-state index is 0.0209. The lowest BCUT2D eigenvalue weighted by Gasteiger charge is -2.05. The summed E-state index contributed by atoms with van der Waals surface area (Å²) in [5.41, 5.74) is 4.70. The molecule has 3 rings (SSSR count). The van der Waals surface area contributed by atoms with E-state index in [9.17, 15) is 4.79 Å². The second-order valence-corrected chi connectivity index (χ2v) is 5.06.